The largest absolute Gasteiger partial charge is 0.384 e. The number of hydrogen-bond acceptors (Lipinski definition) is 3. The van der Waals surface area contributed by atoms with Crippen molar-refractivity contribution in [1.29, 1.82) is 0 Å². The Morgan fingerprint density at radius 1 is 1.06 bits per heavy atom. The van der Waals surface area contributed by atoms with Crippen LogP contribution in [0.1, 0.15) is 38.5 Å². The molecule has 4 saturated carbocycles. The molecule has 1 aromatic rings. The van der Waals surface area contributed by atoms with Crippen LogP contribution in [-0.4, -0.2) is 10.5 Å². The lowest BCUT2D eigenvalue weighted by molar-refractivity contribution is 0.0105. The second-order valence-electron chi connectivity index (χ2n) is 6.77. The average molecular weight is 243 g/mol. The van der Waals surface area contributed by atoms with Gasteiger partial charge in [-0.3, -0.25) is 0 Å². The Balaban J connectivity index is 1.60. The molecular weight excluding hydrogens is 222 g/mol. The summed E-state index contributed by atoms with van der Waals surface area (Å²) in [5.74, 6) is 4.47. The SMILES string of the molecule is Nc1cccc(NC23CC4CC(CC(C4)C2)C3)n1. The van der Waals surface area contributed by atoms with E-state index in [1.807, 2.05) is 12.1 Å². The van der Waals surface area contributed by atoms with E-state index in [9.17, 15) is 0 Å². The number of nitrogen functional groups attached to an aromatic ring is 1. The zero-order valence-electron chi connectivity index (χ0n) is 10.7. The highest BCUT2D eigenvalue weighted by Crippen LogP contribution is 2.56. The molecule has 0 spiro atoms. The second-order valence-corrected chi connectivity index (χ2v) is 6.77. The fourth-order valence-electron chi connectivity index (χ4n) is 5.06. The minimum atomic E-state index is 0.329. The predicted octanol–water partition coefficient (Wildman–Crippen LogP) is 3.04. The number of pyridine rings is 1. The molecule has 3 heteroatoms. The van der Waals surface area contributed by atoms with Crippen LogP contribution in [-0.2, 0) is 0 Å². The van der Waals surface area contributed by atoms with Crippen molar-refractivity contribution in [2.75, 3.05) is 11.1 Å². The smallest absolute Gasteiger partial charge is 0.128 e. The lowest BCUT2D eigenvalue weighted by Gasteiger charge is -2.57. The second kappa shape index (κ2) is 3.62. The first-order valence-electron chi connectivity index (χ1n) is 7.21. The van der Waals surface area contributed by atoms with Gasteiger partial charge in [0.15, 0.2) is 0 Å². The molecule has 1 heterocycles. The standard InChI is InChI=1S/C15H21N3/c16-13-2-1-3-14(17-13)18-15-7-10-4-11(8-15)6-12(5-10)9-15/h1-3,10-12H,4-9H2,(H3,16,17,18). The molecule has 4 aliphatic rings. The van der Waals surface area contributed by atoms with E-state index in [1.165, 1.54) is 38.5 Å². The van der Waals surface area contributed by atoms with Crippen molar-refractivity contribution in [3.8, 4) is 0 Å². The lowest BCUT2D eigenvalue weighted by Crippen LogP contribution is -2.54. The van der Waals surface area contributed by atoms with Gasteiger partial charge < -0.3 is 11.1 Å². The first kappa shape index (κ1) is 10.7. The summed E-state index contributed by atoms with van der Waals surface area (Å²) in [6, 6.07) is 5.89. The summed E-state index contributed by atoms with van der Waals surface area (Å²) in [7, 11) is 0. The third kappa shape index (κ3) is 1.68. The molecule has 96 valence electrons. The fraction of sp³-hybridized carbons (Fsp3) is 0.667. The van der Waals surface area contributed by atoms with Crippen LogP contribution in [0.15, 0.2) is 18.2 Å². The number of rotatable bonds is 2. The topological polar surface area (TPSA) is 50.9 Å². The number of aromatic nitrogens is 1. The quantitative estimate of drug-likeness (QED) is 0.839. The van der Waals surface area contributed by atoms with Gasteiger partial charge in [0.25, 0.3) is 0 Å². The average Bonchev–Trinajstić information content (AvgIpc) is 2.25. The summed E-state index contributed by atoms with van der Waals surface area (Å²) in [6.07, 6.45) is 8.46. The molecule has 0 unspecified atom stereocenters. The lowest BCUT2D eigenvalue weighted by atomic mass is 9.53. The van der Waals surface area contributed by atoms with Gasteiger partial charge in [0.2, 0.25) is 0 Å². The molecule has 3 nitrogen and oxygen atoms in total. The molecule has 0 radical (unpaired) electrons. The van der Waals surface area contributed by atoms with Crippen LogP contribution in [0.4, 0.5) is 11.6 Å². The maximum absolute atomic E-state index is 5.77. The molecule has 4 fully saturated rings. The van der Waals surface area contributed by atoms with E-state index in [4.69, 9.17) is 5.73 Å². The monoisotopic (exact) mass is 243 g/mol. The number of nitrogens with one attached hydrogen (secondary N) is 1. The maximum Gasteiger partial charge on any atom is 0.128 e. The minimum absolute atomic E-state index is 0.329. The predicted molar refractivity (Wildman–Crippen MR) is 73.2 cm³/mol. The third-order valence-corrected chi connectivity index (χ3v) is 5.20. The summed E-state index contributed by atoms with van der Waals surface area (Å²) < 4.78 is 0. The van der Waals surface area contributed by atoms with Crippen molar-refractivity contribution in [2.45, 2.75) is 44.1 Å². The normalized spacial score (nSPS) is 41.0. The Hall–Kier alpha value is -1.25. The third-order valence-electron chi connectivity index (χ3n) is 5.20. The van der Waals surface area contributed by atoms with Crippen LogP contribution in [0.25, 0.3) is 0 Å². The number of hydrogen-bond donors (Lipinski definition) is 2. The Bertz CT molecular complexity index is 433. The summed E-state index contributed by atoms with van der Waals surface area (Å²) in [5, 5.41) is 3.74. The number of nitrogens with two attached hydrogens (primary N) is 1. The number of nitrogens with zero attached hydrogens (tertiary/aromatic N) is 1. The molecule has 0 amide bonds. The van der Waals surface area contributed by atoms with Gasteiger partial charge in [-0.2, -0.15) is 0 Å². The summed E-state index contributed by atoms with van der Waals surface area (Å²) >= 11 is 0. The maximum atomic E-state index is 5.77. The van der Waals surface area contributed by atoms with Crippen LogP contribution in [0.3, 0.4) is 0 Å². The molecule has 0 atom stereocenters. The van der Waals surface area contributed by atoms with Crippen LogP contribution in [0, 0.1) is 17.8 Å². The van der Waals surface area contributed by atoms with E-state index in [0.29, 0.717) is 11.4 Å². The summed E-state index contributed by atoms with van der Waals surface area (Å²) in [4.78, 5) is 4.42. The van der Waals surface area contributed by atoms with E-state index in [1.54, 1.807) is 0 Å². The van der Waals surface area contributed by atoms with Gasteiger partial charge in [0.1, 0.15) is 11.6 Å². The molecule has 4 aliphatic carbocycles. The van der Waals surface area contributed by atoms with Crippen LogP contribution < -0.4 is 11.1 Å². The molecule has 3 N–H and O–H groups in total. The Morgan fingerprint density at radius 3 is 2.22 bits per heavy atom. The zero-order chi connectivity index (χ0) is 12.2. The van der Waals surface area contributed by atoms with E-state index >= 15 is 0 Å². The van der Waals surface area contributed by atoms with Crippen LogP contribution in [0.5, 0.6) is 0 Å². The molecule has 0 aromatic carbocycles. The van der Waals surface area contributed by atoms with Crippen LogP contribution in [0.2, 0.25) is 0 Å². The van der Waals surface area contributed by atoms with Gasteiger partial charge in [-0.1, -0.05) is 6.07 Å². The minimum Gasteiger partial charge on any atom is -0.384 e. The van der Waals surface area contributed by atoms with Gasteiger partial charge in [0, 0.05) is 5.54 Å². The molecule has 1 aromatic heterocycles. The van der Waals surface area contributed by atoms with Gasteiger partial charge >= 0.3 is 0 Å². The molecule has 0 saturated heterocycles. The van der Waals surface area contributed by atoms with Gasteiger partial charge in [-0.15, -0.1) is 0 Å². The van der Waals surface area contributed by atoms with E-state index in [0.717, 1.165) is 23.6 Å². The molecule has 0 aliphatic heterocycles. The fourth-order valence-corrected chi connectivity index (χ4v) is 5.06. The van der Waals surface area contributed by atoms with Gasteiger partial charge in [-0.25, -0.2) is 4.98 Å². The zero-order valence-corrected chi connectivity index (χ0v) is 10.7. The van der Waals surface area contributed by atoms with E-state index < -0.39 is 0 Å². The van der Waals surface area contributed by atoms with E-state index in [-0.39, 0.29) is 0 Å². The Labute approximate surface area is 108 Å². The van der Waals surface area contributed by atoms with Crippen molar-refractivity contribution in [3.63, 3.8) is 0 Å². The van der Waals surface area contributed by atoms with Crippen molar-refractivity contribution in [1.82, 2.24) is 4.98 Å². The number of anilines is 2. The first-order valence-corrected chi connectivity index (χ1v) is 7.21. The van der Waals surface area contributed by atoms with Crippen molar-refractivity contribution in [3.05, 3.63) is 18.2 Å². The first-order chi connectivity index (χ1) is 8.71. The summed E-state index contributed by atoms with van der Waals surface area (Å²) in [6.45, 7) is 0. The van der Waals surface area contributed by atoms with Crippen molar-refractivity contribution >= 4 is 11.6 Å². The summed E-state index contributed by atoms with van der Waals surface area (Å²) in [5.41, 5.74) is 6.10. The molecule has 18 heavy (non-hydrogen) atoms. The van der Waals surface area contributed by atoms with Crippen molar-refractivity contribution < 1.29 is 0 Å². The highest BCUT2D eigenvalue weighted by Gasteiger charge is 2.50. The Kier molecular flexibility index (Phi) is 2.14. The van der Waals surface area contributed by atoms with Gasteiger partial charge in [-0.05, 0) is 68.4 Å². The molecule has 4 bridgehead atoms. The Morgan fingerprint density at radius 2 is 1.67 bits per heavy atom. The molecule has 5 rings (SSSR count). The van der Waals surface area contributed by atoms with E-state index in [2.05, 4.69) is 16.4 Å². The highest BCUT2D eigenvalue weighted by atomic mass is 15.1. The molecular formula is C15H21N3. The highest BCUT2D eigenvalue weighted by molar-refractivity contribution is 5.44. The van der Waals surface area contributed by atoms with Crippen LogP contribution >= 0.6 is 0 Å². The van der Waals surface area contributed by atoms with Gasteiger partial charge in [0.05, 0.1) is 0 Å². The van der Waals surface area contributed by atoms with Crippen molar-refractivity contribution in [2.24, 2.45) is 17.8 Å².